The van der Waals surface area contributed by atoms with Gasteiger partial charge in [0, 0.05) is 30.7 Å². The maximum Gasteiger partial charge on any atom is 0.251 e. The van der Waals surface area contributed by atoms with Crippen molar-refractivity contribution in [3.8, 4) is 5.75 Å². The highest BCUT2D eigenvalue weighted by Gasteiger charge is 2.22. The number of piperidine rings is 1. The highest BCUT2D eigenvalue weighted by molar-refractivity contribution is 5.89. The SMILES string of the molecule is COc1cccc(C2CCN(c3cc(=O)[nH]c4ncccc34)CC2)c1. The molecule has 5 heteroatoms. The lowest BCUT2D eigenvalue weighted by molar-refractivity contribution is 0.412. The summed E-state index contributed by atoms with van der Waals surface area (Å²) in [4.78, 5) is 21.4. The molecule has 4 rings (SSSR count). The number of aromatic nitrogens is 2. The van der Waals surface area contributed by atoms with E-state index >= 15 is 0 Å². The van der Waals surface area contributed by atoms with Crippen molar-refractivity contribution < 1.29 is 4.74 Å². The third-order valence-corrected chi connectivity index (χ3v) is 4.99. The van der Waals surface area contributed by atoms with Crippen molar-refractivity contribution in [3.63, 3.8) is 0 Å². The van der Waals surface area contributed by atoms with Crippen molar-refractivity contribution in [3.05, 3.63) is 64.6 Å². The number of benzene rings is 1. The molecule has 0 aliphatic carbocycles. The van der Waals surface area contributed by atoms with Crippen LogP contribution in [0.4, 0.5) is 5.69 Å². The van der Waals surface area contributed by atoms with E-state index in [1.165, 1.54) is 5.56 Å². The van der Waals surface area contributed by atoms with Gasteiger partial charge in [0.1, 0.15) is 11.4 Å². The predicted octanol–water partition coefficient (Wildman–Crippen LogP) is 3.32. The predicted molar refractivity (Wildman–Crippen MR) is 99.5 cm³/mol. The Labute approximate surface area is 146 Å². The molecule has 2 aromatic heterocycles. The Morgan fingerprint density at radius 3 is 2.80 bits per heavy atom. The number of methoxy groups -OCH3 is 1. The summed E-state index contributed by atoms with van der Waals surface area (Å²) in [7, 11) is 1.70. The van der Waals surface area contributed by atoms with Crippen LogP contribution in [-0.4, -0.2) is 30.2 Å². The Balaban J connectivity index is 1.57. The highest BCUT2D eigenvalue weighted by atomic mass is 16.5. The Kier molecular flexibility index (Phi) is 4.14. The molecular formula is C20H21N3O2. The molecule has 3 aromatic rings. The van der Waals surface area contributed by atoms with E-state index in [0.29, 0.717) is 11.6 Å². The molecule has 0 spiro atoms. The van der Waals surface area contributed by atoms with Gasteiger partial charge in [0.25, 0.3) is 5.56 Å². The standard InChI is InChI=1S/C20H21N3O2/c1-25-16-5-2-4-15(12-16)14-7-10-23(11-8-14)18-13-19(24)22-20-17(18)6-3-9-21-20/h2-6,9,12-14H,7-8,10-11H2,1H3,(H,21,22,24). The second-order valence-electron chi connectivity index (χ2n) is 6.46. The van der Waals surface area contributed by atoms with Gasteiger partial charge in [-0.05, 0) is 48.6 Å². The van der Waals surface area contributed by atoms with E-state index in [9.17, 15) is 4.79 Å². The molecular weight excluding hydrogens is 314 g/mol. The molecule has 0 bridgehead atoms. The number of nitrogens with one attached hydrogen (secondary N) is 1. The second kappa shape index (κ2) is 6.59. The van der Waals surface area contributed by atoms with Gasteiger partial charge in [0.05, 0.1) is 12.8 Å². The monoisotopic (exact) mass is 335 g/mol. The fraction of sp³-hybridized carbons (Fsp3) is 0.300. The van der Waals surface area contributed by atoms with Gasteiger partial charge in [-0.2, -0.15) is 0 Å². The number of rotatable bonds is 3. The summed E-state index contributed by atoms with van der Waals surface area (Å²) in [5, 5.41) is 1.00. The van der Waals surface area contributed by atoms with Gasteiger partial charge >= 0.3 is 0 Å². The topological polar surface area (TPSA) is 58.2 Å². The lowest BCUT2D eigenvalue weighted by atomic mass is 9.89. The van der Waals surface area contributed by atoms with Crippen LogP contribution in [0.5, 0.6) is 5.75 Å². The van der Waals surface area contributed by atoms with E-state index in [1.807, 2.05) is 18.2 Å². The first-order chi connectivity index (χ1) is 12.2. The molecule has 1 fully saturated rings. The number of ether oxygens (including phenoxy) is 1. The molecule has 0 radical (unpaired) electrons. The first-order valence-corrected chi connectivity index (χ1v) is 8.61. The summed E-state index contributed by atoms with van der Waals surface area (Å²) in [6.07, 6.45) is 3.82. The number of aromatic amines is 1. The van der Waals surface area contributed by atoms with E-state index < -0.39 is 0 Å². The molecule has 5 nitrogen and oxygen atoms in total. The van der Waals surface area contributed by atoms with Crippen LogP contribution in [-0.2, 0) is 0 Å². The normalized spacial score (nSPS) is 15.5. The smallest absolute Gasteiger partial charge is 0.251 e. The van der Waals surface area contributed by atoms with Gasteiger partial charge in [-0.25, -0.2) is 4.98 Å². The summed E-state index contributed by atoms with van der Waals surface area (Å²) in [6.45, 7) is 1.85. The highest BCUT2D eigenvalue weighted by Crippen LogP contribution is 2.33. The van der Waals surface area contributed by atoms with Crippen LogP contribution in [0.1, 0.15) is 24.3 Å². The number of hydrogen-bond donors (Lipinski definition) is 1. The summed E-state index contributed by atoms with van der Waals surface area (Å²) >= 11 is 0. The van der Waals surface area contributed by atoms with Gasteiger partial charge in [-0.3, -0.25) is 4.79 Å². The van der Waals surface area contributed by atoms with Gasteiger partial charge < -0.3 is 14.6 Å². The fourth-order valence-electron chi connectivity index (χ4n) is 3.68. The molecule has 1 saturated heterocycles. The number of nitrogens with zero attached hydrogens (tertiary/aromatic N) is 2. The van der Waals surface area contributed by atoms with Crippen molar-refractivity contribution in [1.29, 1.82) is 0 Å². The first kappa shape index (κ1) is 15.7. The maximum absolute atomic E-state index is 12.0. The molecule has 1 N–H and O–H groups in total. The Bertz CT molecular complexity index is 943. The van der Waals surface area contributed by atoms with Gasteiger partial charge in [-0.1, -0.05) is 12.1 Å². The molecule has 128 valence electrons. The molecule has 3 heterocycles. The van der Waals surface area contributed by atoms with E-state index in [2.05, 4.69) is 33.1 Å². The lowest BCUT2D eigenvalue weighted by Crippen LogP contribution is -2.33. The zero-order chi connectivity index (χ0) is 17.2. The molecule has 0 atom stereocenters. The number of H-pyrrole nitrogens is 1. The minimum atomic E-state index is -0.101. The molecule has 1 aliphatic rings. The van der Waals surface area contributed by atoms with Crippen molar-refractivity contribution in [2.75, 3.05) is 25.1 Å². The fourth-order valence-corrected chi connectivity index (χ4v) is 3.68. The third kappa shape index (κ3) is 3.09. The van der Waals surface area contributed by atoms with Crippen LogP contribution >= 0.6 is 0 Å². The van der Waals surface area contributed by atoms with Crippen molar-refractivity contribution in [1.82, 2.24) is 9.97 Å². The minimum absolute atomic E-state index is 0.101. The Morgan fingerprint density at radius 1 is 1.16 bits per heavy atom. The molecule has 1 aromatic carbocycles. The van der Waals surface area contributed by atoms with Gasteiger partial charge in [0.15, 0.2) is 0 Å². The molecule has 0 unspecified atom stereocenters. The quantitative estimate of drug-likeness (QED) is 0.798. The average Bonchev–Trinajstić information content (AvgIpc) is 2.67. The van der Waals surface area contributed by atoms with Crippen molar-refractivity contribution in [2.45, 2.75) is 18.8 Å². The van der Waals surface area contributed by atoms with Crippen LogP contribution in [0.3, 0.4) is 0 Å². The van der Waals surface area contributed by atoms with E-state index in [-0.39, 0.29) is 5.56 Å². The number of pyridine rings is 2. The van der Waals surface area contributed by atoms with Crippen LogP contribution in [0.25, 0.3) is 11.0 Å². The minimum Gasteiger partial charge on any atom is -0.497 e. The first-order valence-electron chi connectivity index (χ1n) is 8.61. The number of fused-ring (bicyclic) bond motifs is 1. The van der Waals surface area contributed by atoms with E-state index in [0.717, 1.165) is 42.8 Å². The second-order valence-corrected chi connectivity index (χ2v) is 6.46. The summed E-state index contributed by atoms with van der Waals surface area (Å²) in [5.74, 6) is 1.43. The summed E-state index contributed by atoms with van der Waals surface area (Å²) in [6, 6.07) is 14.0. The van der Waals surface area contributed by atoms with Crippen molar-refractivity contribution in [2.24, 2.45) is 0 Å². The molecule has 25 heavy (non-hydrogen) atoms. The summed E-state index contributed by atoms with van der Waals surface area (Å²) < 4.78 is 5.34. The largest absolute Gasteiger partial charge is 0.497 e. The summed E-state index contributed by atoms with van der Waals surface area (Å²) in [5.41, 5.74) is 2.86. The van der Waals surface area contributed by atoms with Crippen LogP contribution < -0.4 is 15.2 Å². The maximum atomic E-state index is 12.0. The van der Waals surface area contributed by atoms with Crippen molar-refractivity contribution >= 4 is 16.7 Å². The lowest BCUT2D eigenvalue weighted by Gasteiger charge is -2.34. The van der Waals surface area contributed by atoms with Crippen LogP contribution in [0.2, 0.25) is 0 Å². The molecule has 0 amide bonds. The molecule has 1 aliphatic heterocycles. The zero-order valence-electron chi connectivity index (χ0n) is 14.2. The van der Waals surface area contributed by atoms with E-state index in [4.69, 9.17) is 4.74 Å². The van der Waals surface area contributed by atoms with E-state index in [1.54, 1.807) is 19.4 Å². The Hall–Kier alpha value is -2.82. The van der Waals surface area contributed by atoms with Gasteiger partial charge in [0.2, 0.25) is 0 Å². The molecule has 0 saturated carbocycles. The van der Waals surface area contributed by atoms with Crippen LogP contribution in [0.15, 0.2) is 53.5 Å². The number of anilines is 1. The zero-order valence-corrected chi connectivity index (χ0v) is 14.2. The Morgan fingerprint density at radius 2 is 2.00 bits per heavy atom. The van der Waals surface area contributed by atoms with Crippen LogP contribution in [0, 0.1) is 0 Å². The van der Waals surface area contributed by atoms with Gasteiger partial charge in [-0.15, -0.1) is 0 Å². The average molecular weight is 335 g/mol. The third-order valence-electron chi connectivity index (χ3n) is 4.99. The number of hydrogen-bond acceptors (Lipinski definition) is 4.